The van der Waals surface area contributed by atoms with Crippen LogP contribution in [0, 0.1) is 0 Å². The van der Waals surface area contributed by atoms with Crippen LogP contribution in [0.5, 0.6) is 0 Å². The molecule has 0 aromatic rings. The largest absolute Gasteiger partial charge is 0.631 e. The van der Waals surface area contributed by atoms with Gasteiger partial charge < -0.3 is 60.3 Å². The Morgan fingerprint density at radius 1 is 0.278 bits per heavy atom. The van der Waals surface area contributed by atoms with Crippen molar-refractivity contribution >= 4 is 29.3 Å². The molecule has 0 bridgehead atoms. The predicted molar refractivity (Wildman–Crippen MR) is 49.6 cm³/mol. The minimum atomic E-state index is -2.17. The second-order valence-electron chi connectivity index (χ2n) is 1.39. The maximum absolute atomic E-state index is 7.17. The fraction of sp³-hybridized carbons (Fsp3) is 0. The molecule has 0 spiro atoms. The summed E-state index contributed by atoms with van der Waals surface area (Å²) >= 11 is 0. The summed E-state index contributed by atoms with van der Waals surface area (Å²) in [5.41, 5.74) is 0. The van der Waals surface area contributed by atoms with Crippen LogP contribution in [0.3, 0.4) is 0 Å². The fourth-order valence-corrected chi connectivity index (χ4v) is 0. The van der Waals surface area contributed by atoms with Crippen LogP contribution >= 0.6 is 0 Å². The van der Waals surface area contributed by atoms with Crippen LogP contribution in [-0.2, 0) is 44.8 Å². The van der Waals surface area contributed by atoms with Crippen molar-refractivity contribution in [1.82, 2.24) is 0 Å². The van der Waals surface area contributed by atoms with E-state index in [1.165, 1.54) is 0 Å². The molecule has 12 N–H and O–H groups in total. The average Bonchev–Trinajstić information content (AvgIpc) is 1.76. The molecule has 0 aromatic heterocycles. The summed E-state index contributed by atoms with van der Waals surface area (Å²) < 4.78 is 0. The second-order valence-corrected chi connectivity index (χ2v) is 1.39. The molecule has 0 fully saturated rings. The van der Waals surface area contributed by atoms with E-state index in [4.69, 9.17) is 60.3 Å². The molecule has 0 saturated heterocycles. The smallest absolute Gasteiger partial charge is 0.402 e. The van der Waals surface area contributed by atoms with Gasteiger partial charge in [-0.25, -0.2) is 0 Å². The van der Waals surface area contributed by atoms with Gasteiger partial charge in [-0.2, -0.15) is 0 Å². The minimum Gasteiger partial charge on any atom is -0.402 e. The van der Waals surface area contributed by atoms with Gasteiger partial charge in [-0.3, -0.25) is 0 Å². The van der Waals surface area contributed by atoms with Crippen LogP contribution in [0.25, 0.3) is 0 Å². The van der Waals surface area contributed by atoms with Gasteiger partial charge in [-0.15, -0.1) is 0 Å². The first-order chi connectivity index (χ1) is 6.93. The first-order valence-electron chi connectivity index (χ1n) is 3.10. The van der Waals surface area contributed by atoms with Gasteiger partial charge in [0, 0.05) is 44.8 Å². The summed E-state index contributed by atoms with van der Waals surface area (Å²) in [5, 5.41) is 86.0. The molecule has 18 heavy (non-hydrogen) atoms. The molecule has 0 saturated carbocycles. The summed E-state index contributed by atoms with van der Waals surface area (Å²) in [4.78, 5) is 0. The van der Waals surface area contributed by atoms with E-state index in [0.29, 0.717) is 0 Å². The molecule has 0 aromatic carbocycles. The SMILES string of the molecule is OB(O)O.OB(O)O.OB(O)O.OB(O)O.[Ag].[Ag]. The standard InChI is InChI=1S/2Ag.4BH3O3/c;;4*2-1(3)4/h;;4*2-4H. The molecule has 0 atom stereocenters. The summed E-state index contributed by atoms with van der Waals surface area (Å²) in [6.07, 6.45) is 0. The molecule has 0 aliphatic carbocycles. The van der Waals surface area contributed by atoms with Gasteiger partial charge >= 0.3 is 29.3 Å². The Balaban J connectivity index is -0.0000000257. The molecule has 12 nitrogen and oxygen atoms in total. The number of hydrogen-bond donors (Lipinski definition) is 12. The quantitative estimate of drug-likeness (QED) is 0.150. The first kappa shape index (κ1) is 36.5. The van der Waals surface area contributed by atoms with Crippen molar-refractivity contribution in [3.8, 4) is 0 Å². The predicted octanol–water partition coefficient (Wildman–Crippen LogP) is -8.21. The van der Waals surface area contributed by atoms with Crippen molar-refractivity contribution in [3.63, 3.8) is 0 Å². The second kappa shape index (κ2) is 30.9. The zero-order chi connectivity index (χ0) is 14.3. The van der Waals surface area contributed by atoms with E-state index in [2.05, 4.69) is 0 Å². The average molecular weight is 463 g/mol. The number of rotatable bonds is 0. The van der Waals surface area contributed by atoms with Crippen molar-refractivity contribution < 1.29 is 105 Å². The van der Waals surface area contributed by atoms with Gasteiger partial charge in [0.05, 0.1) is 0 Å². The van der Waals surface area contributed by atoms with Gasteiger partial charge in [0.15, 0.2) is 0 Å². The Hall–Kier alpha value is 1.26. The monoisotopic (exact) mass is 462 g/mol. The Labute approximate surface area is 134 Å². The normalized spacial score (nSPS) is 6.00. The van der Waals surface area contributed by atoms with Crippen LogP contribution in [0.4, 0.5) is 0 Å². The third-order valence-corrected chi connectivity index (χ3v) is 0. The van der Waals surface area contributed by atoms with Crippen molar-refractivity contribution in [3.05, 3.63) is 0 Å². The van der Waals surface area contributed by atoms with Crippen LogP contribution in [-0.4, -0.2) is 89.6 Å². The molecule has 118 valence electrons. The minimum absolute atomic E-state index is 0. The van der Waals surface area contributed by atoms with Gasteiger partial charge in [0.2, 0.25) is 0 Å². The van der Waals surface area contributed by atoms with Crippen LogP contribution < -0.4 is 0 Å². The molecular formula is H12Ag2B4O12. The van der Waals surface area contributed by atoms with Crippen molar-refractivity contribution in [2.24, 2.45) is 0 Å². The molecule has 0 unspecified atom stereocenters. The third kappa shape index (κ3) is 2870. The Kier molecular flexibility index (Phi) is 62.8. The van der Waals surface area contributed by atoms with Gasteiger partial charge in [0.25, 0.3) is 0 Å². The van der Waals surface area contributed by atoms with Gasteiger partial charge in [-0.1, -0.05) is 0 Å². The Morgan fingerprint density at radius 2 is 0.278 bits per heavy atom. The molecular weight excluding hydrogens is 451 g/mol. The maximum Gasteiger partial charge on any atom is 0.631 e. The van der Waals surface area contributed by atoms with E-state index in [1.807, 2.05) is 0 Å². The van der Waals surface area contributed by atoms with Gasteiger partial charge in [0.1, 0.15) is 0 Å². The molecule has 0 aliphatic rings. The molecule has 0 rings (SSSR count). The Bertz CT molecular complexity index is 65.1. The molecule has 0 amide bonds. The van der Waals surface area contributed by atoms with E-state index in [0.717, 1.165) is 0 Å². The zero-order valence-corrected chi connectivity index (χ0v) is 11.2. The molecule has 0 aliphatic heterocycles. The zero-order valence-electron chi connectivity index (χ0n) is 8.28. The van der Waals surface area contributed by atoms with E-state index >= 15 is 0 Å². The van der Waals surface area contributed by atoms with E-state index in [1.54, 1.807) is 0 Å². The van der Waals surface area contributed by atoms with Crippen molar-refractivity contribution in [2.45, 2.75) is 0 Å². The summed E-state index contributed by atoms with van der Waals surface area (Å²) in [6, 6.07) is 0. The first-order valence-corrected chi connectivity index (χ1v) is 3.10. The fourth-order valence-electron chi connectivity index (χ4n) is 0. The summed E-state index contributed by atoms with van der Waals surface area (Å²) in [6.45, 7) is 0. The molecule has 0 heterocycles. The van der Waals surface area contributed by atoms with Gasteiger partial charge in [-0.05, 0) is 0 Å². The molecule has 2 radical (unpaired) electrons. The summed E-state index contributed by atoms with van der Waals surface area (Å²) in [7, 11) is -8.67. The van der Waals surface area contributed by atoms with Crippen LogP contribution in [0.15, 0.2) is 0 Å². The number of hydrogen-bond acceptors (Lipinski definition) is 12. The third-order valence-electron chi connectivity index (χ3n) is 0. The Morgan fingerprint density at radius 3 is 0.278 bits per heavy atom. The van der Waals surface area contributed by atoms with Crippen molar-refractivity contribution in [1.29, 1.82) is 0 Å². The van der Waals surface area contributed by atoms with Crippen LogP contribution in [0.2, 0.25) is 0 Å². The van der Waals surface area contributed by atoms with Crippen LogP contribution in [0.1, 0.15) is 0 Å². The topological polar surface area (TPSA) is 243 Å². The van der Waals surface area contributed by atoms with E-state index in [9.17, 15) is 0 Å². The van der Waals surface area contributed by atoms with E-state index < -0.39 is 29.3 Å². The van der Waals surface area contributed by atoms with E-state index in [-0.39, 0.29) is 44.8 Å². The summed E-state index contributed by atoms with van der Waals surface area (Å²) in [5.74, 6) is 0. The molecule has 18 heteroatoms. The maximum atomic E-state index is 7.17. The van der Waals surface area contributed by atoms with Crippen molar-refractivity contribution in [2.75, 3.05) is 0 Å².